The van der Waals surface area contributed by atoms with E-state index in [1.807, 2.05) is 6.07 Å². The predicted octanol–water partition coefficient (Wildman–Crippen LogP) is 2.63. The molecule has 0 bridgehead atoms. The van der Waals surface area contributed by atoms with E-state index in [0.717, 1.165) is 18.4 Å². The Morgan fingerprint density at radius 1 is 1.27 bits per heavy atom. The number of halogens is 1. The van der Waals surface area contributed by atoms with Gasteiger partial charge in [-0.25, -0.2) is 0 Å². The highest BCUT2D eigenvalue weighted by atomic mass is 35.5. The van der Waals surface area contributed by atoms with Crippen LogP contribution in [-0.2, 0) is 4.79 Å². The second-order valence-corrected chi connectivity index (χ2v) is 7.04. The van der Waals surface area contributed by atoms with E-state index in [4.69, 9.17) is 26.2 Å². The fourth-order valence-corrected chi connectivity index (χ4v) is 3.46. The van der Waals surface area contributed by atoms with Gasteiger partial charge in [-0.3, -0.25) is 4.79 Å². The average molecular weight is 324 g/mol. The highest BCUT2D eigenvalue weighted by molar-refractivity contribution is 6.31. The number of benzene rings is 1. The summed E-state index contributed by atoms with van der Waals surface area (Å²) in [5, 5.41) is 13.0. The molecule has 2 unspecified atom stereocenters. The molecule has 1 aromatic rings. The highest BCUT2D eigenvalue weighted by Crippen LogP contribution is 2.50. The first kappa shape index (κ1) is 14.2. The number of aliphatic carboxylic acids is 1. The van der Waals surface area contributed by atoms with Crippen molar-refractivity contribution in [1.82, 2.24) is 5.32 Å². The van der Waals surface area contributed by atoms with E-state index in [2.05, 4.69) is 5.32 Å². The van der Waals surface area contributed by atoms with Crippen LogP contribution in [0.4, 0.5) is 0 Å². The van der Waals surface area contributed by atoms with Crippen LogP contribution in [0, 0.1) is 11.3 Å². The number of carbonyl (C=O) groups is 1. The summed E-state index contributed by atoms with van der Waals surface area (Å²) in [5.74, 6) is 0.261. The molecule has 3 aliphatic rings. The summed E-state index contributed by atoms with van der Waals surface area (Å²) in [6.07, 6.45) is 2.83. The van der Waals surface area contributed by atoms with Gasteiger partial charge in [-0.1, -0.05) is 11.6 Å². The minimum absolute atomic E-state index is 0.0550. The number of carboxylic acid groups (broad SMARTS) is 1. The van der Waals surface area contributed by atoms with Gasteiger partial charge in [0.2, 0.25) is 0 Å². The van der Waals surface area contributed by atoms with Gasteiger partial charge in [0, 0.05) is 29.1 Å². The number of carboxylic acids is 1. The van der Waals surface area contributed by atoms with Crippen molar-refractivity contribution in [2.24, 2.45) is 11.3 Å². The maximum Gasteiger partial charge on any atom is 0.307 e. The summed E-state index contributed by atoms with van der Waals surface area (Å²) in [6.45, 7) is 1.82. The standard InChI is InChI=1S/C16H18ClNO4/c17-11-5-14-13(21-7-16(1-2-16)8-22-14)4-10(11)12-3-9(6-18-12)15(19)20/h4-5,9,12,18H,1-3,6-8H2,(H,19,20). The number of rotatable bonds is 2. The van der Waals surface area contributed by atoms with E-state index >= 15 is 0 Å². The molecule has 0 radical (unpaired) electrons. The third kappa shape index (κ3) is 2.42. The molecule has 2 aliphatic heterocycles. The minimum Gasteiger partial charge on any atom is -0.489 e. The van der Waals surface area contributed by atoms with E-state index in [1.54, 1.807) is 6.07 Å². The molecule has 1 saturated carbocycles. The molecule has 1 aromatic carbocycles. The van der Waals surface area contributed by atoms with Gasteiger partial charge in [0.1, 0.15) is 0 Å². The Kier molecular flexibility index (Phi) is 3.24. The number of fused-ring (bicyclic) bond motifs is 1. The number of nitrogens with one attached hydrogen (secondary N) is 1. The Hall–Kier alpha value is -1.46. The van der Waals surface area contributed by atoms with Crippen molar-refractivity contribution < 1.29 is 19.4 Å². The predicted molar refractivity (Wildman–Crippen MR) is 80.6 cm³/mol. The summed E-state index contributed by atoms with van der Waals surface area (Å²) in [4.78, 5) is 11.1. The molecule has 2 N–H and O–H groups in total. The highest BCUT2D eigenvalue weighted by Gasteiger charge is 2.46. The molecular weight excluding hydrogens is 306 g/mol. The molecule has 4 rings (SSSR count). The SMILES string of the molecule is O=C(O)C1CNC(c2cc3c(cc2Cl)OCC2(CC2)CO3)C1. The van der Waals surface area contributed by atoms with E-state index in [1.165, 1.54) is 0 Å². The normalized spacial score (nSPS) is 28.4. The zero-order valence-corrected chi connectivity index (χ0v) is 12.9. The first-order chi connectivity index (χ1) is 10.6. The summed E-state index contributed by atoms with van der Waals surface area (Å²) in [6, 6.07) is 3.64. The van der Waals surface area contributed by atoms with Crippen LogP contribution in [0.3, 0.4) is 0 Å². The molecule has 2 atom stereocenters. The van der Waals surface area contributed by atoms with Gasteiger partial charge in [-0.2, -0.15) is 0 Å². The first-order valence-electron chi connectivity index (χ1n) is 7.62. The quantitative estimate of drug-likeness (QED) is 0.875. The van der Waals surface area contributed by atoms with Crippen LogP contribution in [0.2, 0.25) is 5.02 Å². The zero-order chi connectivity index (χ0) is 15.3. The third-order valence-electron chi connectivity index (χ3n) is 4.94. The third-order valence-corrected chi connectivity index (χ3v) is 5.27. The van der Waals surface area contributed by atoms with Gasteiger partial charge in [-0.15, -0.1) is 0 Å². The van der Waals surface area contributed by atoms with Crippen LogP contribution in [0.1, 0.15) is 30.9 Å². The second kappa shape index (κ2) is 5.03. The first-order valence-corrected chi connectivity index (χ1v) is 7.99. The summed E-state index contributed by atoms with van der Waals surface area (Å²) in [5.41, 5.74) is 1.07. The van der Waals surface area contributed by atoms with Gasteiger partial charge < -0.3 is 19.9 Å². The zero-order valence-electron chi connectivity index (χ0n) is 12.1. The summed E-state index contributed by atoms with van der Waals surface area (Å²) in [7, 11) is 0. The van der Waals surface area contributed by atoms with Crippen molar-refractivity contribution in [3.8, 4) is 11.5 Å². The lowest BCUT2D eigenvalue weighted by atomic mass is 9.99. The van der Waals surface area contributed by atoms with Crippen molar-refractivity contribution in [3.05, 3.63) is 22.7 Å². The second-order valence-electron chi connectivity index (χ2n) is 6.63. The summed E-state index contributed by atoms with van der Waals surface area (Å²) >= 11 is 6.39. The lowest BCUT2D eigenvalue weighted by Gasteiger charge is -2.16. The molecule has 2 heterocycles. The molecule has 1 saturated heterocycles. The fourth-order valence-electron chi connectivity index (χ4n) is 3.17. The molecular formula is C16H18ClNO4. The molecule has 1 aliphatic carbocycles. The van der Waals surface area contributed by atoms with Gasteiger partial charge in [-0.05, 0) is 30.9 Å². The monoisotopic (exact) mass is 323 g/mol. The Morgan fingerprint density at radius 3 is 2.55 bits per heavy atom. The largest absolute Gasteiger partial charge is 0.489 e. The van der Waals surface area contributed by atoms with Gasteiger partial charge >= 0.3 is 5.97 Å². The Bertz CT molecular complexity index is 629. The number of ether oxygens (including phenoxy) is 2. The molecule has 22 heavy (non-hydrogen) atoms. The van der Waals surface area contributed by atoms with Crippen molar-refractivity contribution in [1.29, 1.82) is 0 Å². The lowest BCUT2D eigenvalue weighted by Crippen LogP contribution is -2.17. The molecule has 6 heteroatoms. The van der Waals surface area contributed by atoms with E-state index in [0.29, 0.717) is 42.7 Å². The topological polar surface area (TPSA) is 67.8 Å². The number of hydrogen-bond donors (Lipinski definition) is 2. The van der Waals surface area contributed by atoms with Gasteiger partial charge in [0.15, 0.2) is 11.5 Å². The van der Waals surface area contributed by atoms with Gasteiger partial charge in [0.25, 0.3) is 0 Å². The van der Waals surface area contributed by atoms with Crippen molar-refractivity contribution in [2.75, 3.05) is 19.8 Å². The Morgan fingerprint density at radius 2 is 1.95 bits per heavy atom. The smallest absolute Gasteiger partial charge is 0.307 e. The number of hydrogen-bond acceptors (Lipinski definition) is 4. The van der Waals surface area contributed by atoms with E-state index in [-0.39, 0.29) is 17.4 Å². The molecule has 0 amide bonds. The van der Waals surface area contributed by atoms with Crippen LogP contribution in [-0.4, -0.2) is 30.8 Å². The molecule has 0 aromatic heterocycles. The fraction of sp³-hybridized carbons (Fsp3) is 0.562. The van der Waals surface area contributed by atoms with Crippen molar-refractivity contribution in [2.45, 2.75) is 25.3 Å². The van der Waals surface area contributed by atoms with Crippen molar-refractivity contribution >= 4 is 17.6 Å². The Labute approximate surface area is 133 Å². The van der Waals surface area contributed by atoms with Crippen LogP contribution in [0.5, 0.6) is 11.5 Å². The lowest BCUT2D eigenvalue weighted by molar-refractivity contribution is -0.141. The molecule has 5 nitrogen and oxygen atoms in total. The van der Waals surface area contributed by atoms with E-state index in [9.17, 15) is 4.79 Å². The van der Waals surface area contributed by atoms with Crippen LogP contribution < -0.4 is 14.8 Å². The maximum atomic E-state index is 11.1. The van der Waals surface area contributed by atoms with Crippen LogP contribution >= 0.6 is 11.6 Å². The van der Waals surface area contributed by atoms with Crippen LogP contribution in [0.15, 0.2) is 12.1 Å². The minimum atomic E-state index is -0.767. The molecule has 1 spiro atoms. The molecule has 118 valence electrons. The van der Waals surface area contributed by atoms with Crippen LogP contribution in [0.25, 0.3) is 0 Å². The average Bonchev–Trinajstić information content (AvgIpc) is 3.14. The Balaban J connectivity index is 1.59. The maximum absolute atomic E-state index is 11.1. The van der Waals surface area contributed by atoms with E-state index < -0.39 is 5.97 Å². The van der Waals surface area contributed by atoms with Crippen molar-refractivity contribution in [3.63, 3.8) is 0 Å². The molecule has 2 fully saturated rings. The van der Waals surface area contributed by atoms with Gasteiger partial charge in [0.05, 0.1) is 19.1 Å². The summed E-state index contributed by atoms with van der Waals surface area (Å²) < 4.78 is 11.8.